The van der Waals surface area contributed by atoms with Gasteiger partial charge in [-0.3, -0.25) is 0 Å². The van der Waals surface area contributed by atoms with Gasteiger partial charge in [-0.25, -0.2) is 0 Å². The predicted molar refractivity (Wildman–Crippen MR) is 316 cm³/mol. The molecule has 75 heavy (non-hydrogen) atoms. The summed E-state index contributed by atoms with van der Waals surface area (Å²) in [5.74, 6) is 1.73. The Balaban J connectivity index is 0.832. The third-order valence-corrected chi connectivity index (χ3v) is 14.8. The van der Waals surface area contributed by atoms with Crippen molar-refractivity contribution in [2.24, 2.45) is 0 Å². The first kappa shape index (κ1) is 43.8. The Hall–Kier alpha value is -9.96. The van der Waals surface area contributed by atoms with Crippen LogP contribution in [0.5, 0.6) is 11.5 Å². The fraction of sp³-hybridized carbons (Fsp3) is 0. The molecule has 352 valence electrons. The van der Waals surface area contributed by atoms with Gasteiger partial charge in [0.25, 0.3) is 0 Å². The smallest absolute Gasteiger partial charge is 0.135 e. The van der Waals surface area contributed by atoms with Crippen molar-refractivity contribution in [3.8, 4) is 67.1 Å². The average molecular weight is 957 g/mol. The van der Waals surface area contributed by atoms with Gasteiger partial charge in [0.1, 0.15) is 11.5 Å². The molecule has 0 radical (unpaired) electrons. The van der Waals surface area contributed by atoms with E-state index >= 15 is 0 Å². The van der Waals surface area contributed by atoms with Gasteiger partial charge >= 0.3 is 0 Å². The Kier molecular flexibility index (Phi) is 10.8. The Morgan fingerprint density at radius 2 is 0.640 bits per heavy atom. The van der Waals surface area contributed by atoms with E-state index in [9.17, 15) is 0 Å². The third-order valence-electron chi connectivity index (χ3n) is 14.8. The second-order valence-corrected chi connectivity index (χ2v) is 19.2. The molecule has 1 aliphatic heterocycles. The van der Waals surface area contributed by atoms with Crippen molar-refractivity contribution >= 4 is 66.4 Å². The summed E-state index contributed by atoms with van der Waals surface area (Å²) in [6, 6.07) is 105. The lowest BCUT2D eigenvalue weighted by atomic mass is 9.86. The highest BCUT2D eigenvalue weighted by atomic mass is 16.5. The van der Waals surface area contributed by atoms with Crippen molar-refractivity contribution < 1.29 is 4.74 Å². The van der Waals surface area contributed by atoms with Gasteiger partial charge in [-0.15, -0.1) is 0 Å². The van der Waals surface area contributed by atoms with Crippen molar-refractivity contribution in [2.45, 2.75) is 0 Å². The summed E-state index contributed by atoms with van der Waals surface area (Å²) in [7, 11) is 0. The summed E-state index contributed by atoms with van der Waals surface area (Å²) in [6.45, 7) is 0. The Bertz CT molecular complexity index is 4230. The van der Waals surface area contributed by atoms with E-state index in [1.54, 1.807) is 0 Å². The third kappa shape index (κ3) is 7.78. The molecule has 0 saturated heterocycles. The summed E-state index contributed by atoms with van der Waals surface area (Å²) < 4.78 is 6.93. The Morgan fingerprint density at radius 1 is 0.213 bits per heavy atom. The lowest BCUT2D eigenvalue weighted by Gasteiger charge is -2.28. The molecule has 0 aromatic heterocycles. The molecule has 0 bridgehead atoms. The lowest BCUT2D eigenvalue weighted by Crippen LogP contribution is -2.11. The molecule has 1 aliphatic rings. The molecule has 0 aliphatic carbocycles. The minimum absolute atomic E-state index is 0.857. The molecule has 13 aromatic rings. The molecule has 0 fully saturated rings. The van der Waals surface area contributed by atoms with Gasteiger partial charge in [-0.2, -0.15) is 0 Å². The zero-order valence-corrected chi connectivity index (χ0v) is 41.0. The summed E-state index contributed by atoms with van der Waals surface area (Å²) in [4.78, 5) is 4.71. The van der Waals surface area contributed by atoms with Crippen LogP contribution in [0.1, 0.15) is 0 Å². The Labute approximate surface area is 437 Å². The zero-order chi connectivity index (χ0) is 49.7. The van der Waals surface area contributed by atoms with Crippen molar-refractivity contribution in [1.82, 2.24) is 0 Å². The topological polar surface area (TPSA) is 15.7 Å². The molecule has 1 heterocycles. The highest BCUT2D eigenvalue weighted by molar-refractivity contribution is 6.25. The van der Waals surface area contributed by atoms with E-state index in [1.165, 1.54) is 60.3 Å². The summed E-state index contributed by atoms with van der Waals surface area (Å²) in [5.41, 5.74) is 18.2. The van der Waals surface area contributed by atoms with Crippen LogP contribution >= 0.6 is 0 Å². The number of hydrogen-bond acceptors (Lipinski definition) is 3. The van der Waals surface area contributed by atoms with Gasteiger partial charge in [-0.05, 0) is 157 Å². The van der Waals surface area contributed by atoms with E-state index < -0.39 is 0 Å². The largest absolute Gasteiger partial charge is 0.456 e. The van der Waals surface area contributed by atoms with Crippen LogP contribution in [0.3, 0.4) is 0 Å². The van der Waals surface area contributed by atoms with Gasteiger partial charge in [-0.1, -0.05) is 200 Å². The SMILES string of the molecule is c1ccc(-c2ccccc2N(c2ccccc2)c2ccc(-c3ccc4c(c3)Oc3cccc5c3c-4cc3c4ccccc4c(-c4ccc(N(c6ccccc6)c6ccccc6-c6ccccc6)cc4)cc53)cc2)cc1. The number of anilines is 6. The van der Waals surface area contributed by atoms with E-state index in [2.05, 4.69) is 301 Å². The highest BCUT2D eigenvalue weighted by Crippen LogP contribution is 2.52. The number of ether oxygens (including phenoxy) is 1. The molecule has 14 rings (SSSR count). The predicted octanol–water partition coefficient (Wildman–Crippen LogP) is 20.5. The van der Waals surface area contributed by atoms with E-state index in [0.29, 0.717) is 0 Å². The lowest BCUT2D eigenvalue weighted by molar-refractivity contribution is 0.487. The zero-order valence-electron chi connectivity index (χ0n) is 41.0. The number of rotatable bonds is 10. The summed E-state index contributed by atoms with van der Waals surface area (Å²) >= 11 is 0. The van der Waals surface area contributed by atoms with Crippen LogP contribution in [0, 0.1) is 0 Å². The maximum absolute atomic E-state index is 6.93. The van der Waals surface area contributed by atoms with Crippen LogP contribution in [0.4, 0.5) is 34.1 Å². The first-order valence-corrected chi connectivity index (χ1v) is 25.7. The molecule has 0 N–H and O–H groups in total. The number of nitrogens with zero attached hydrogens (tertiary/aromatic N) is 2. The minimum atomic E-state index is 0.857. The van der Waals surface area contributed by atoms with Gasteiger partial charge < -0.3 is 14.5 Å². The van der Waals surface area contributed by atoms with Gasteiger partial charge in [0.15, 0.2) is 0 Å². The van der Waals surface area contributed by atoms with Crippen LogP contribution in [0.15, 0.2) is 291 Å². The normalized spacial score (nSPS) is 11.6. The highest BCUT2D eigenvalue weighted by Gasteiger charge is 2.25. The van der Waals surface area contributed by atoms with Crippen molar-refractivity contribution in [3.63, 3.8) is 0 Å². The van der Waals surface area contributed by atoms with Crippen molar-refractivity contribution in [3.05, 3.63) is 291 Å². The molecule has 0 atom stereocenters. The number of benzene rings is 13. The van der Waals surface area contributed by atoms with E-state index in [0.717, 1.165) is 73.3 Å². The second-order valence-electron chi connectivity index (χ2n) is 19.2. The van der Waals surface area contributed by atoms with Crippen molar-refractivity contribution in [1.29, 1.82) is 0 Å². The van der Waals surface area contributed by atoms with E-state index in [1.807, 2.05) is 0 Å². The Morgan fingerprint density at radius 3 is 1.23 bits per heavy atom. The monoisotopic (exact) mass is 956 g/mol. The maximum Gasteiger partial charge on any atom is 0.135 e. The summed E-state index contributed by atoms with van der Waals surface area (Å²) in [6.07, 6.45) is 0. The molecule has 13 aromatic carbocycles. The van der Waals surface area contributed by atoms with Gasteiger partial charge in [0.2, 0.25) is 0 Å². The van der Waals surface area contributed by atoms with Crippen LogP contribution in [0.2, 0.25) is 0 Å². The molecular formula is C72H48N2O. The molecule has 0 spiro atoms. The van der Waals surface area contributed by atoms with Crippen LogP contribution in [0.25, 0.3) is 88.0 Å². The quantitative estimate of drug-likeness (QED) is 0.127. The first-order valence-electron chi connectivity index (χ1n) is 25.7. The standard InChI is InChI=1S/C72H48N2O/c1-5-20-50(21-6-1)58-28-15-17-33-68(58)73(54-24-9-3-10-25-54)56-41-36-49(37-42-56)53-40-45-62-67-48-65-61-31-14-13-30-60(61)64(47-66(65)63-32-19-35-70(72(63)67)75-71(62)46-53)52-38-43-57(44-39-52)74(55-26-11-4-12-27-55)69-34-18-16-29-59(69)51-22-7-2-8-23-51/h1-48H. The molecular weight excluding hydrogens is 909 g/mol. The average Bonchev–Trinajstić information content (AvgIpc) is 3.49. The second kappa shape index (κ2) is 18.6. The molecule has 0 amide bonds. The molecule has 0 unspecified atom stereocenters. The van der Waals surface area contributed by atoms with Crippen LogP contribution in [-0.2, 0) is 0 Å². The number of fused-ring (bicyclic) bond motifs is 6. The fourth-order valence-corrected chi connectivity index (χ4v) is 11.4. The summed E-state index contributed by atoms with van der Waals surface area (Å²) in [5, 5.41) is 7.19. The van der Waals surface area contributed by atoms with E-state index in [4.69, 9.17) is 4.74 Å². The van der Waals surface area contributed by atoms with E-state index in [-0.39, 0.29) is 0 Å². The number of hydrogen-bond donors (Lipinski definition) is 0. The van der Waals surface area contributed by atoms with Crippen molar-refractivity contribution in [2.75, 3.05) is 9.80 Å². The number of para-hydroxylation sites is 4. The fourth-order valence-electron chi connectivity index (χ4n) is 11.4. The van der Waals surface area contributed by atoms with Gasteiger partial charge in [0, 0.05) is 44.8 Å². The molecule has 3 heteroatoms. The van der Waals surface area contributed by atoms with Crippen LogP contribution < -0.4 is 14.5 Å². The first-order chi connectivity index (χ1) is 37.2. The molecule has 3 nitrogen and oxygen atoms in total. The van der Waals surface area contributed by atoms with Gasteiger partial charge in [0.05, 0.1) is 11.4 Å². The molecule has 0 saturated carbocycles. The maximum atomic E-state index is 6.93. The van der Waals surface area contributed by atoms with Crippen LogP contribution in [-0.4, -0.2) is 0 Å². The minimum Gasteiger partial charge on any atom is -0.456 e.